The maximum absolute atomic E-state index is 11.9. The predicted octanol–water partition coefficient (Wildman–Crippen LogP) is 1.41. The Kier molecular flexibility index (Phi) is 3.68. The molecule has 2 amide bonds. The van der Waals surface area contributed by atoms with E-state index in [-0.39, 0.29) is 30.1 Å². The minimum Gasteiger partial charge on any atom is -0.480 e. The highest BCUT2D eigenvalue weighted by molar-refractivity contribution is 6.06. The Balaban J connectivity index is 2.21. The number of carboxylic acid groups (broad SMARTS) is 1. The molecule has 0 spiro atoms. The number of likely N-dealkylation sites (tertiary alicyclic amines) is 1. The number of carbonyl (C=O) groups is 3. The first-order valence-electron chi connectivity index (χ1n) is 6.61. The third kappa shape index (κ3) is 2.26. The molecule has 0 aromatic rings. The van der Waals surface area contributed by atoms with Crippen LogP contribution in [0.3, 0.4) is 0 Å². The minimum atomic E-state index is -1.04. The van der Waals surface area contributed by atoms with E-state index >= 15 is 0 Å². The maximum atomic E-state index is 11.9. The first-order valence-corrected chi connectivity index (χ1v) is 6.61. The molecular weight excluding hydrogens is 234 g/mol. The smallest absolute Gasteiger partial charge is 0.327 e. The molecule has 2 unspecified atom stereocenters. The van der Waals surface area contributed by atoms with Gasteiger partial charge in [0.15, 0.2) is 0 Å². The highest BCUT2D eigenvalue weighted by Gasteiger charge is 2.46. The Labute approximate surface area is 106 Å². The third-order valence-electron chi connectivity index (χ3n) is 4.04. The van der Waals surface area contributed by atoms with Gasteiger partial charge in [-0.05, 0) is 18.8 Å². The van der Waals surface area contributed by atoms with Crippen LogP contribution in [0.1, 0.15) is 45.4 Å². The quantitative estimate of drug-likeness (QED) is 0.772. The molecule has 2 rings (SSSR count). The standard InChI is InChI=1S/C13H19NO4/c1-8-7-10(15)14(12(8)16)11(13(17)18)9-5-3-2-4-6-9/h8-9,11H,2-7H2,1H3,(H,17,18). The first-order chi connectivity index (χ1) is 8.52. The van der Waals surface area contributed by atoms with Crippen molar-refractivity contribution in [2.24, 2.45) is 11.8 Å². The van der Waals surface area contributed by atoms with E-state index in [1.165, 1.54) is 0 Å². The van der Waals surface area contributed by atoms with Gasteiger partial charge in [0.25, 0.3) is 0 Å². The van der Waals surface area contributed by atoms with E-state index in [0.29, 0.717) is 0 Å². The molecule has 5 heteroatoms. The van der Waals surface area contributed by atoms with Gasteiger partial charge in [-0.15, -0.1) is 0 Å². The van der Waals surface area contributed by atoms with Crippen LogP contribution in [0, 0.1) is 11.8 Å². The lowest BCUT2D eigenvalue weighted by Crippen LogP contribution is -2.49. The third-order valence-corrected chi connectivity index (χ3v) is 4.04. The molecule has 1 heterocycles. The summed E-state index contributed by atoms with van der Waals surface area (Å²) in [5, 5.41) is 9.36. The highest BCUT2D eigenvalue weighted by Crippen LogP contribution is 2.32. The summed E-state index contributed by atoms with van der Waals surface area (Å²) in [5.74, 6) is -2.14. The second-order valence-electron chi connectivity index (χ2n) is 5.39. The zero-order valence-corrected chi connectivity index (χ0v) is 10.6. The summed E-state index contributed by atoms with van der Waals surface area (Å²) in [7, 11) is 0. The fourth-order valence-electron chi connectivity index (χ4n) is 3.07. The lowest BCUT2D eigenvalue weighted by Gasteiger charge is -2.32. The van der Waals surface area contributed by atoms with Crippen LogP contribution in [0.15, 0.2) is 0 Å². The number of rotatable bonds is 3. The number of carboxylic acids is 1. The van der Waals surface area contributed by atoms with E-state index in [2.05, 4.69) is 0 Å². The van der Waals surface area contributed by atoms with Gasteiger partial charge in [0, 0.05) is 12.3 Å². The maximum Gasteiger partial charge on any atom is 0.327 e. The van der Waals surface area contributed by atoms with Gasteiger partial charge in [-0.25, -0.2) is 4.79 Å². The van der Waals surface area contributed by atoms with Crippen LogP contribution in [-0.2, 0) is 14.4 Å². The molecule has 0 aromatic heterocycles. The monoisotopic (exact) mass is 253 g/mol. The molecule has 0 bridgehead atoms. The molecule has 1 N–H and O–H groups in total. The van der Waals surface area contributed by atoms with E-state index in [9.17, 15) is 19.5 Å². The summed E-state index contributed by atoms with van der Waals surface area (Å²) >= 11 is 0. The number of imide groups is 1. The van der Waals surface area contributed by atoms with Crippen LogP contribution in [0.5, 0.6) is 0 Å². The van der Waals surface area contributed by atoms with Crippen molar-refractivity contribution in [1.29, 1.82) is 0 Å². The van der Waals surface area contributed by atoms with Gasteiger partial charge in [-0.1, -0.05) is 26.2 Å². The largest absolute Gasteiger partial charge is 0.480 e. The van der Waals surface area contributed by atoms with Crippen molar-refractivity contribution in [2.75, 3.05) is 0 Å². The van der Waals surface area contributed by atoms with Crippen LogP contribution in [-0.4, -0.2) is 33.8 Å². The molecule has 0 radical (unpaired) electrons. The van der Waals surface area contributed by atoms with Crippen molar-refractivity contribution in [3.8, 4) is 0 Å². The number of carbonyl (C=O) groups excluding carboxylic acids is 2. The molecule has 2 fully saturated rings. The number of nitrogens with zero attached hydrogens (tertiary/aromatic N) is 1. The number of amides is 2. The first kappa shape index (κ1) is 13.1. The second-order valence-corrected chi connectivity index (χ2v) is 5.39. The number of hydrogen-bond donors (Lipinski definition) is 1. The summed E-state index contributed by atoms with van der Waals surface area (Å²) in [5.41, 5.74) is 0. The van der Waals surface area contributed by atoms with Crippen LogP contribution in [0.25, 0.3) is 0 Å². The Hall–Kier alpha value is -1.39. The molecule has 0 aromatic carbocycles. The molecule has 18 heavy (non-hydrogen) atoms. The molecule has 1 saturated heterocycles. The summed E-state index contributed by atoms with van der Waals surface area (Å²) in [4.78, 5) is 36.2. The summed E-state index contributed by atoms with van der Waals surface area (Å²) in [6.45, 7) is 1.68. The van der Waals surface area contributed by atoms with Gasteiger partial charge in [0.05, 0.1) is 0 Å². The average Bonchev–Trinajstić information content (AvgIpc) is 2.57. The van der Waals surface area contributed by atoms with Crippen molar-refractivity contribution < 1.29 is 19.5 Å². The van der Waals surface area contributed by atoms with E-state index < -0.39 is 12.0 Å². The molecule has 1 aliphatic carbocycles. The zero-order chi connectivity index (χ0) is 13.3. The fourth-order valence-corrected chi connectivity index (χ4v) is 3.07. The molecule has 2 aliphatic rings. The van der Waals surface area contributed by atoms with Crippen molar-refractivity contribution in [1.82, 2.24) is 4.90 Å². The summed E-state index contributed by atoms with van der Waals surface area (Å²) in [6, 6.07) is -0.949. The average molecular weight is 253 g/mol. The normalized spacial score (nSPS) is 27.6. The lowest BCUT2D eigenvalue weighted by molar-refractivity contribution is -0.157. The van der Waals surface area contributed by atoms with Gasteiger partial charge >= 0.3 is 5.97 Å². The highest BCUT2D eigenvalue weighted by atomic mass is 16.4. The molecular formula is C13H19NO4. The number of hydrogen-bond acceptors (Lipinski definition) is 3. The lowest BCUT2D eigenvalue weighted by atomic mass is 9.83. The topological polar surface area (TPSA) is 74.7 Å². The van der Waals surface area contributed by atoms with Gasteiger partial charge in [-0.3, -0.25) is 14.5 Å². The molecule has 1 aliphatic heterocycles. The van der Waals surface area contributed by atoms with Crippen LogP contribution >= 0.6 is 0 Å². The van der Waals surface area contributed by atoms with E-state index in [1.54, 1.807) is 6.92 Å². The van der Waals surface area contributed by atoms with Crippen LogP contribution < -0.4 is 0 Å². The Morgan fingerprint density at radius 1 is 1.28 bits per heavy atom. The molecule has 5 nitrogen and oxygen atoms in total. The van der Waals surface area contributed by atoms with Crippen molar-refractivity contribution in [2.45, 2.75) is 51.5 Å². The van der Waals surface area contributed by atoms with E-state index in [1.807, 2.05) is 0 Å². The van der Waals surface area contributed by atoms with Crippen molar-refractivity contribution in [3.63, 3.8) is 0 Å². The minimum absolute atomic E-state index is 0.0746. The van der Waals surface area contributed by atoms with Crippen LogP contribution in [0.2, 0.25) is 0 Å². The second kappa shape index (κ2) is 5.08. The number of aliphatic carboxylic acids is 1. The Morgan fingerprint density at radius 2 is 1.89 bits per heavy atom. The van der Waals surface area contributed by atoms with E-state index in [0.717, 1.165) is 37.0 Å². The molecule has 2 atom stereocenters. The SMILES string of the molecule is CC1CC(=O)N(C(C(=O)O)C2CCCCC2)C1=O. The van der Waals surface area contributed by atoms with E-state index in [4.69, 9.17) is 0 Å². The predicted molar refractivity (Wildman–Crippen MR) is 63.6 cm³/mol. The summed E-state index contributed by atoms with van der Waals surface area (Å²) < 4.78 is 0. The Bertz CT molecular complexity index is 373. The zero-order valence-electron chi connectivity index (χ0n) is 10.6. The van der Waals surface area contributed by atoms with Crippen LogP contribution in [0.4, 0.5) is 0 Å². The Morgan fingerprint density at radius 3 is 2.33 bits per heavy atom. The van der Waals surface area contributed by atoms with Gasteiger partial charge in [-0.2, -0.15) is 0 Å². The summed E-state index contributed by atoms with van der Waals surface area (Å²) in [6.07, 6.45) is 4.82. The van der Waals surface area contributed by atoms with Crippen molar-refractivity contribution in [3.05, 3.63) is 0 Å². The molecule has 1 saturated carbocycles. The molecule has 100 valence electrons. The van der Waals surface area contributed by atoms with Gasteiger partial charge in [0.2, 0.25) is 11.8 Å². The fraction of sp³-hybridized carbons (Fsp3) is 0.769. The van der Waals surface area contributed by atoms with Gasteiger partial charge in [0.1, 0.15) is 6.04 Å². The van der Waals surface area contributed by atoms with Crippen molar-refractivity contribution >= 4 is 17.8 Å². The van der Waals surface area contributed by atoms with Gasteiger partial charge < -0.3 is 5.11 Å².